The van der Waals surface area contributed by atoms with Crippen molar-refractivity contribution in [1.29, 1.82) is 0 Å². The molecule has 6 nitrogen and oxygen atoms in total. The third-order valence-corrected chi connectivity index (χ3v) is 5.45. The Morgan fingerprint density at radius 3 is 1.93 bits per heavy atom. The maximum Gasteiger partial charge on any atom is 0.317 e. The van der Waals surface area contributed by atoms with E-state index in [-0.39, 0.29) is 23.5 Å². The molecule has 1 atom stereocenters. The Morgan fingerprint density at radius 1 is 0.933 bits per heavy atom. The molecule has 0 spiro atoms. The highest BCUT2D eigenvalue weighted by Gasteiger charge is 2.26. The highest BCUT2D eigenvalue weighted by atomic mass is 16.2. The molecule has 6 heteroatoms. The summed E-state index contributed by atoms with van der Waals surface area (Å²) < 4.78 is 0. The van der Waals surface area contributed by atoms with Crippen LogP contribution in [0.3, 0.4) is 0 Å². The van der Waals surface area contributed by atoms with E-state index in [0.717, 1.165) is 5.56 Å². The Morgan fingerprint density at radius 2 is 1.47 bits per heavy atom. The average Bonchev–Trinajstić information content (AvgIpc) is 2.64. The standard InChI is InChI=1S/C24H40N4O2/c1-17(2)19-8-10-20(11-9-19)22(18(3)4)25-23(30)28-14-12-27(13-15-28)16-21(29)26-24(5,6)7/h8-11,17-18,22H,12-16H2,1-7H3,(H,25,30)(H,26,29)/t22-/m0/s1. The van der Waals surface area contributed by atoms with E-state index in [2.05, 4.69) is 67.5 Å². The van der Waals surface area contributed by atoms with Gasteiger partial charge in [-0.1, -0.05) is 52.0 Å². The number of amides is 3. The smallest absolute Gasteiger partial charge is 0.317 e. The van der Waals surface area contributed by atoms with E-state index in [4.69, 9.17) is 0 Å². The minimum atomic E-state index is -0.224. The number of carbonyl (C=O) groups is 2. The summed E-state index contributed by atoms with van der Waals surface area (Å²) in [5, 5.41) is 6.22. The van der Waals surface area contributed by atoms with Crippen LogP contribution < -0.4 is 10.6 Å². The van der Waals surface area contributed by atoms with Crippen LogP contribution in [0.5, 0.6) is 0 Å². The fourth-order valence-electron chi connectivity index (χ4n) is 3.72. The minimum absolute atomic E-state index is 0.0192. The molecule has 168 valence electrons. The minimum Gasteiger partial charge on any atom is -0.350 e. The van der Waals surface area contributed by atoms with E-state index in [9.17, 15) is 9.59 Å². The topological polar surface area (TPSA) is 64.7 Å². The molecular formula is C24H40N4O2. The predicted molar refractivity (Wildman–Crippen MR) is 123 cm³/mol. The maximum absolute atomic E-state index is 12.9. The molecule has 1 saturated heterocycles. The second kappa shape index (κ2) is 10.3. The van der Waals surface area contributed by atoms with Gasteiger partial charge in [-0.3, -0.25) is 9.69 Å². The van der Waals surface area contributed by atoms with Gasteiger partial charge in [0, 0.05) is 31.7 Å². The number of rotatable bonds is 6. The largest absolute Gasteiger partial charge is 0.350 e. The van der Waals surface area contributed by atoms with Crippen LogP contribution in [-0.2, 0) is 4.79 Å². The molecule has 3 amide bonds. The molecular weight excluding hydrogens is 376 g/mol. The SMILES string of the molecule is CC(C)c1ccc([C@@H](NC(=O)N2CCN(CC(=O)NC(C)(C)C)CC2)C(C)C)cc1. The molecule has 1 aromatic rings. The van der Waals surface area contributed by atoms with E-state index in [1.807, 2.05) is 25.7 Å². The summed E-state index contributed by atoms with van der Waals surface area (Å²) >= 11 is 0. The van der Waals surface area contributed by atoms with Crippen molar-refractivity contribution >= 4 is 11.9 Å². The molecule has 1 fully saturated rings. The van der Waals surface area contributed by atoms with Gasteiger partial charge < -0.3 is 15.5 Å². The zero-order valence-corrected chi connectivity index (χ0v) is 19.8. The van der Waals surface area contributed by atoms with Gasteiger partial charge in [0.25, 0.3) is 0 Å². The molecule has 1 heterocycles. The summed E-state index contributed by atoms with van der Waals surface area (Å²) in [6, 6.07) is 8.53. The summed E-state index contributed by atoms with van der Waals surface area (Å²) in [5.74, 6) is 0.819. The van der Waals surface area contributed by atoms with Gasteiger partial charge in [-0.15, -0.1) is 0 Å². The predicted octanol–water partition coefficient (Wildman–Crippen LogP) is 3.75. The van der Waals surface area contributed by atoms with E-state index in [0.29, 0.717) is 44.6 Å². The molecule has 0 aromatic heterocycles. The Bertz CT molecular complexity index is 699. The van der Waals surface area contributed by atoms with Crippen LogP contribution >= 0.6 is 0 Å². The number of carbonyl (C=O) groups excluding carboxylic acids is 2. The number of hydrogen-bond donors (Lipinski definition) is 2. The number of urea groups is 1. The highest BCUT2D eigenvalue weighted by Crippen LogP contribution is 2.24. The van der Waals surface area contributed by atoms with Crippen LogP contribution in [0.25, 0.3) is 0 Å². The van der Waals surface area contributed by atoms with Crippen molar-refractivity contribution in [3.8, 4) is 0 Å². The van der Waals surface area contributed by atoms with Crippen molar-refractivity contribution in [3.63, 3.8) is 0 Å². The first-order chi connectivity index (χ1) is 14.0. The van der Waals surface area contributed by atoms with Crippen molar-refractivity contribution in [1.82, 2.24) is 20.4 Å². The monoisotopic (exact) mass is 416 g/mol. The highest BCUT2D eigenvalue weighted by molar-refractivity contribution is 5.79. The fraction of sp³-hybridized carbons (Fsp3) is 0.667. The number of benzene rings is 1. The summed E-state index contributed by atoms with van der Waals surface area (Å²) in [6.07, 6.45) is 0. The molecule has 2 rings (SSSR count). The van der Waals surface area contributed by atoms with E-state index < -0.39 is 0 Å². The van der Waals surface area contributed by atoms with Gasteiger partial charge in [-0.2, -0.15) is 0 Å². The van der Waals surface area contributed by atoms with Gasteiger partial charge in [0.15, 0.2) is 0 Å². The van der Waals surface area contributed by atoms with Gasteiger partial charge in [0.2, 0.25) is 5.91 Å². The second-order valence-corrected chi connectivity index (χ2v) is 10.1. The third-order valence-electron chi connectivity index (χ3n) is 5.45. The first kappa shape index (κ1) is 24.2. The number of hydrogen-bond acceptors (Lipinski definition) is 3. The lowest BCUT2D eigenvalue weighted by atomic mass is 9.93. The van der Waals surface area contributed by atoms with Crippen LogP contribution in [0, 0.1) is 5.92 Å². The van der Waals surface area contributed by atoms with Gasteiger partial charge >= 0.3 is 6.03 Å². The summed E-state index contributed by atoms with van der Waals surface area (Å²) in [4.78, 5) is 29.0. The Kier molecular flexibility index (Phi) is 8.30. The molecule has 30 heavy (non-hydrogen) atoms. The molecule has 1 aromatic carbocycles. The van der Waals surface area contributed by atoms with Crippen molar-refractivity contribution in [2.45, 2.75) is 66.0 Å². The van der Waals surface area contributed by atoms with Crippen LogP contribution in [-0.4, -0.2) is 60.0 Å². The molecule has 1 aliphatic heterocycles. The van der Waals surface area contributed by atoms with Gasteiger partial charge in [0.05, 0.1) is 12.6 Å². The fourth-order valence-corrected chi connectivity index (χ4v) is 3.72. The quantitative estimate of drug-likeness (QED) is 0.742. The Hall–Kier alpha value is -2.08. The zero-order valence-electron chi connectivity index (χ0n) is 19.8. The molecule has 1 aliphatic rings. The lowest BCUT2D eigenvalue weighted by molar-refractivity contribution is -0.124. The van der Waals surface area contributed by atoms with Crippen molar-refractivity contribution in [2.24, 2.45) is 5.92 Å². The molecule has 0 bridgehead atoms. The maximum atomic E-state index is 12.9. The van der Waals surface area contributed by atoms with Gasteiger partial charge in [-0.05, 0) is 43.7 Å². The lowest BCUT2D eigenvalue weighted by Crippen LogP contribution is -2.55. The van der Waals surface area contributed by atoms with Crippen molar-refractivity contribution < 1.29 is 9.59 Å². The summed E-state index contributed by atoms with van der Waals surface area (Å²) in [6.45, 7) is 17.6. The Balaban J connectivity index is 1.89. The average molecular weight is 417 g/mol. The zero-order chi connectivity index (χ0) is 22.5. The third kappa shape index (κ3) is 7.31. The van der Waals surface area contributed by atoms with Crippen molar-refractivity contribution in [2.75, 3.05) is 32.7 Å². The molecule has 0 unspecified atom stereocenters. The molecule has 0 aliphatic carbocycles. The van der Waals surface area contributed by atoms with Gasteiger partial charge in [-0.25, -0.2) is 4.79 Å². The van der Waals surface area contributed by atoms with Crippen LogP contribution in [0.15, 0.2) is 24.3 Å². The number of nitrogens with one attached hydrogen (secondary N) is 2. The van der Waals surface area contributed by atoms with E-state index >= 15 is 0 Å². The van der Waals surface area contributed by atoms with Crippen LogP contribution in [0.1, 0.15) is 71.6 Å². The molecule has 0 radical (unpaired) electrons. The molecule has 2 N–H and O–H groups in total. The lowest BCUT2D eigenvalue weighted by Gasteiger charge is -2.36. The number of piperazine rings is 1. The normalized spacial score (nSPS) is 16.6. The van der Waals surface area contributed by atoms with Crippen LogP contribution in [0.2, 0.25) is 0 Å². The Labute approximate surface area is 182 Å². The van der Waals surface area contributed by atoms with Crippen LogP contribution in [0.4, 0.5) is 4.79 Å². The summed E-state index contributed by atoms with van der Waals surface area (Å²) in [7, 11) is 0. The first-order valence-electron chi connectivity index (χ1n) is 11.1. The van der Waals surface area contributed by atoms with Gasteiger partial charge in [0.1, 0.15) is 0 Å². The van der Waals surface area contributed by atoms with E-state index in [1.54, 1.807) is 0 Å². The van der Waals surface area contributed by atoms with E-state index in [1.165, 1.54) is 5.56 Å². The molecule has 0 saturated carbocycles. The summed E-state index contributed by atoms with van der Waals surface area (Å²) in [5.41, 5.74) is 2.22. The number of nitrogens with zero attached hydrogens (tertiary/aromatic N) is 2. The first-order valence-corrected chi connectivity index (χ1v) is 11.1. The van der Waals surface area contributed by atoms with Crippen molar-refractivity contribution in [3.05, 3.63) is 35.4 Å². The second-order valence-electron chi connectivity index (χ2n) is 10.1.